The van der Waals surface area contributed by atoms with Crippen molar-refractivity contribution in [3.8, 4) is 0 Å². The van der Waals surface area contributed by atoms with E-state index in [1.54, 1.807) is 0 Å². The van der Waals surface area contributed by atoms with Crippen molar-refractivity contribution in [2.24, 2.45) is 5.73 Å². The minimum atomic E-state index is -0.143. The highest BCUT2D eigenvalue weighted by molar-refractivity contribution is 7.80. The molecule has 0 aliphatic heterocycles. The third-order valence-corrected chi connectivity index (χ3v) is 3.00. The van der Waals surface area contributed by atoms with Crippen molar-refractivity contribution >= 4 is 28.9 Å². The number of H-pyrrole nitrogens is 1. The Morgan fingerprint density at radius 3 is 2.89 bits per heavy atom. The summed E-state index contributed by atoms with van der Waals surface area (Å²) in [5.74, 6) is 0.294. The molecule has 0 atom stereocenters. The number of carbonyl (C=O) groups is 1. The average Bonchev–Trinajstić information content (AvgIpc) is 2.80. The summed E-state index contributed by atoms with van der Waals surface area (Å²) in [5, 5.41) is 9.21. The lowest BCUT2D eigenvalue weighted by Gasteiger charge is -2.07. The normalized spacial score (nSPS) is 10.2. The van der Waals surface area contributed by atoms with Crippen LogP contribution in [0.4, 0.5) is 5.82 Å². The van der Waals surface area contributed by atoms with E-state index in [-0.39, 0.29) is 10.9 Å². The molecule has 5 nitrogen and oxygen atoms in total. The van der Waals surface area contributed by atoms with Crippen LogP contribution < -0.4 is 11.1 Å². The first kappa shape index (κ1) is 13.2. The first-order chi connectivity index (χ1) is 9.08. The fourth-order valence-corrected chi connectivity index (χ4v) is 1.89. The van der Waals surface area contributed by atoms with Crippen LogP contribution >= 0.6 is 12.2 Å². The number of aromatic amines is 1. The van der Waals surface area contributed by atoms with Crippen molar-refractivity contribution in [2.75, 3.05) is 5.32 Å². The number of hydrogen-bond donors (Lipinski definition) is 3. The van der Waals surface area contributed by atoms with Gasteiger partial charge in [-0.1, -0.05) is 36.5 Å². The number of anilines is 1. The van der Waals surface area contributed by atoms with Crippen LogP contribution in [0, 0.1) is 6.92 Å². The van der Waals surface area contributed by atoms with Crippen LogP contribution in [-0.2, 0) is 11.2 Å². The molecule has 0 radical (unpaired) electrons. The number of hydrogen-bond acceptors (Lipinski definition) is 3. The van der Waals surface area contributed by atoms with Crippen molar-refractivity contribution in [1.82, 2.24) is 10.2 Å². The number of nitrogens with one attached hydrogen (secondary N) is 2. The first-order valence-electron chi connectivity index (χ1n) is 5.75. The minimum absolute atomic E-state index is 0.143. The second-order valence-electron chi connectivity index (χ2n) is 4.17. The quantitative estimate of drug-likeness (QED) is 0.738. The Kier molecular flexibility index (Phi) is 3.91. The molecule has 0 spiro atoms. The summed E-state index contributed by atoms with van der Waals surface area (Å²) >= 11 is 4.87. The number of rotatable bonds is 4. The fourth-order valence-electron chi connectivity index (χ4n) is 1.73. The van der Waals surface area contributed by atoms with Gasteiger partial charge < -0.3 is 11.1 Å². The van der Waals surface area contributed by atoms with Gasteiger partial charge in [0.15, 0.2) is 0 Å². The highest BCUT2D eigenvalue weighted by atomic mass is 32.1. The molecule has 0 unspecified atom stereocenters. The first-order valence-corrected chi connectivity index (χ1v) is 6.16. The van der Waals surface area contributed by atoms with Gasteiger partial charge in [-0.3, -0.25) is 9.89 Å². The molecule has 1 aromatic carbocycles. The Labute approximate surface area is 116 Å². The molecule has 0 saturated heterocycles. The summed E-state index contributed by atoms with van der Waals surface area (Å²) in [6, 6.07) is 7.75. The lowest BCUT2D eigenvalue weighted by Crippen LogP contribution is -2.18. The van der Waals surface area contributed by atoms with Gasteiger partial charge in [-0.15, -0.1) is 0 Å². The van der Waals surface area contributed by atoms with E-state index in [1.807, 2.05) is 31.2 Å². The van der Waals surface area contributed by atoms with E-state index in [2.05, 4.69) is 15.5 Å². The summed E-state index contributed by atoms with van der Waals surface area (Å²) in [6.45, 7) is 1.97. The van der Waals surface area contributed by atoms with Crippen LogP contribution in [0.2, 0.25) is 0 Å². The zero-order chi connectivity index (χ0) is 13.8. The summed E-state index contributed by atoms with van der Waals surface area (Å²) in [5.41, 5.74) is 8.13. The molecule has 2 rings (SSSR count). The lowest BCUT2D eigenvalue weighted by molar-refractivity contribution is -0.115. The SMILES string of the molecule is Cc1ccccc1CC(=O)Nc1[nH]ncc1C(N)=S. The van der Waals surface area contributed by atoms with Crippen molar-refractivity contribution in [2.45, 2.75) is 13.3 Å². The number of carbonyl (C=O) groups excluding carboxylic acids is 1. The molecule has 4 N–H and O–H groups in total. The van der Waals surface area contributed by atoms with Gasteiger partial charge in [-0.05, 0) is 18.1 Å². The van der Waals surface area contributed by atoms with E-state index in [0.29, 0.717) is 17.8 Å². The molecule has 2 aromatic rings. The van der Waals surface area contributed by atoms with Gasteiger partial charge in [0, 0.05) is 0 Å². The van der Waals surface area contributed by atoms with Gasteiger partial charge in [0.1, 0.15) is 10.8 Å². The van der Waals surface area contributed by atoms with Crippen LogP contribution in [0.1, 0.15) is 16.7 Å². The topological polar surface area (TPSA) is 83.8 Å². The third-order valence-electron chi connectivity index (χ3n) is 2.78. The molecule has 0 bridgehead atoms. The number of nitrogens with zero attached hydrogens (tertiary/aromatic N) is 1. The van der Waals surface area contributed by atoms with E-state index in [0.717, 1.165) is 11.1 Å². The maximum atomic E-state index is 12.0. The number of nitrogens with two attached hydrogens (primary N) is 1. The third kappa shape index (κ3) is 3.17. The Morgan fingerprint density at radius 1 is 1.47 bits per heavy atom. The van der Waals surface area contributed by atoms with E-state index in [1.165, 1.54) is 6.20 Å². The van der Waals surface area contributed by atoms with E-state index in [9.17, 15) is 4.79 Å². The van der Waals surface area contributed by atoms with Gasteiger partial charge >= 0.3 is 0 Å². The standard InChI is InChI=1S/C13H14N4OS/c1-8-4-2-3-5-9(8)6-11(18)16-13-10(12(14)19)7-15-17-13/h2-5,7H,6H2,1H3,(H2,14,19)(H2,15,16,17,18). The van der Waals surface area contributed by atoms with Gasteiger partial charge in [-0.25, -0.2) is 0 Å². The molecular weight excluding hydrogens is 260 g/mol. The van der Waals surface area contributed by atoms with Crippen molar-refractivity contribution < 1.29 is 4.79 Å². The predicted molar refractivity (Wildman–Crippen MR) is 78.0 cm³/mol. The number of aryl methyl sites for hydroxylation is 1. The zero-order valence-electron chi connectivity index (χ0n) is 10.4. The molecule has 0 saturated carbocycles. The molecule has 1 amide bonds. The number of benzene rings is 1. The van der Waals surface area contributed by atoms with Crippen LogP contribution in [0.15, 0.2) is 30.5 Å². The van der Waals surface area contributed by atoms with Gasteiger partial charge in [0.05, 0.1) is 18.2 Å². The van der Waals surface area contributed by atoms with Gasteiger partial charge in [0.2, 0.25) is 5.91 Å². The molecule has 1 aromatic heterocycles. The number of amides is 1. The summed E-state index contributed by atoms with van der Waals surface area (Å²) in [4.78, 5) is 12.2. The van der Waals surface area contributed by atoms with Crippen molar-refractivity contribution in [1.29, 1.82) is 0 Å². The maximum Gasteiger partial charge on any atom is 0.229 e. The van der Waals surface area contributed by atoms with E-state index in [4.69, 9.17) is 18.0 Å². The highest BCUT2D eigenvalue weighted by Gasteiger charge is 2.12. The highest BCUT2D eigenvalue weighted by Crippen LogP contribution is 2.12. The van der Waals surface area contributed by atoms with Crippen molar-refractivity contribution in [3.05, 3.63) is 47.2 Å². The van der Waals surface area contributed by atoms with E-state index < -0.39 is 0 Å². The van der Waals surface area contributed by atoms with Crippen LogP contribution in [-0.4, -0.2) is 21.1 Å². The average molecular weight is 274 g/mol. The Morgan fingerprint density at radius 2 is 2.21 bits per heavy atom. The molecule has 0 fully saturated rings. The Bertz CT molecular complexity index is 621. The van der Waals surface area contributed by atoms with Crippen molar-refractivity contribution in [3.63, 3.8) is 0 Å². The Hall–Kier alpha value is -2.21. The molecule has 1 heterocycles. The Balaban J connectivity index is 2.08. The fraction of sp³-hybridized carbons (Fsp3) is 0.154. The molecule has 0 aliphatic rings. The summed E-state index contributed by atoms with van der Waals surface area (Å²) in [6.07, 6.45) is 1.79. The molecular formula is C13H14N4OS. The largest absolute Gasteiger partial charge is 0.389 e. The van der Waals surface area contributed by atoms with Gasteiger partial charge in [0.25, 0.3) is 0 Å². The molecule has 6 heteroatoms. The predicted octanol–water partition coefficient (Wildman–Crippen LogP) is 1.53. The van der Waals surface area contributed by atoms with E-state index >= 15 is 0 Å². The van der Waals surface area contributed by atoms with Crippen LogP contribution in [0.3, 0.4) is 0 Å². The molecule has 0 aliphatic carbocycles. The van der Waals surface area contributed by atoms with Crippen LogP contribution in [0.5, 0.6) is 0 Å². The van der Waals surface area contributed by atoms with Crippen LogP contribution in [0.25, 0.3) is 0 Å². The van der Waals surface area contributed by atoms with Gasteiger partial charge in [-0.2, -0.15) is 5.10 Å². The zero-order valence-corrected chi connectivity index (χ0v) is 11.3. The number of thiocarbonyl (C=S) groups is 1. The smallest absolute Gasteiger partial charge is 0.229 e. The summed E-state index contributed by atoms with van der Waals surface area (Å²) < 4.78 is 0. The maximum absolute atomic E-state index is 12.0. The second kappa shape index (κ2) is 5.62. The number of aromatic nitrogens is 2. The lowest BCUT2D eigenvalue weighted by atomic mass is 10.1. The minimum Gasteiger partial charge on any atom is -0.389 e. The second-order valence-corrected chi connectivity index (χ2v) is 4.61. The summed E-state index contributed by atoms with van der Waals surface area (Å²) in [7, 11) is 0. The monoisotopic (exact) mass is 274 g/mol. The molecule has 98 valence electrons. The molecule has 19 heavy (non-hydrogen) atoms.